The van der Waals surface area contributed by atoms with Gasteiger partial charge in [-0.15, -0.1) is 0 Å². The van der Waals surface area contributed by atoms with Crippen molar-refractivity contribution in [3.63, 3.8) is 0 Å². The normalized spacial score (nSPS) is 13.5. The first-order valence-corrected chi connectivity index (χ1v) is 7.29. The number of carbonyl (C=O) groups excluding carboxylic acids is 1. The monoisotopic (exact) mass is 297 g/mol. The molecule has 4 heteroatoms. The fourth-order valence-electron chi connectivity index (χ4n) is 2.96. The number of methoxy groups -OCH3 is 2. The van der Waals surface area contributed by atoms with Gasteiger partial charge in [-0.2, -0.15) is 0 Å². The molecule has 1 amide bonds. The number of nitrogens with zero attached hydrogens (tertiary/aromatic N) is 1. The molecule has 22 heavy (non-hydrogen) atoms. The Kier molecular flexibility index (Phi) is 4.00. The van der Waals surface area contributed by atoms with Crippen molar-refractivity contribution < 1.29 is 14.3 Å². The predicted molar refractivity (Wildman–Crippen MR) is 85.2 cm³/mol. The van der Waals surface area contributed by atoms with Crippen molar-refractivity contribution >= 4 is 6.41 Å². The van der Waals surface area contributed by atoms with Crippen LogP contribution in [-0.4, -0.2) is 32.1 Å². The third-order valence-corrected chi connectivity index (χ3v) is 4.11. The van der Waals surface area contributed by atoms with E-state index in [0.717, 1.165) is 24.0 Å². The van der Waals surface area contributed by atoms with Crippen LogP contribution in [-0.2, 0) is 17.8 Å². The minimum Gasteiger partial charge on any atom is -0.493 e. The molecule has 3 rings (SSSR count). The first kappa shape index (κ1) is 14.4. The van der Waals surface area contributed by atoms with Crippen molar-refractivity contribution in [1.82, 2.24) is 4.90 Å². The van der Waals surface area contributed by atoms with Gasteiger partial charge in [-0.3, -0.25) is 4.79 Å². The minimum atomic E-state index is 0.577. The maximum absolute atomic E-state index is 11.3. The molecule has 0 saturated heterocycles. The van der Waals surface area contributed by atoms with E-state index in [1.165, 1.54) is 11.1 Å². The molecule has 0 fully saturated rings. The van der Waals surface area contributed by atoms with Crippen LogP contribution in [0.15, 0.2) is 36.4 Å². The van der Waals surface area contributed by atoms with Crippen molar-refractivity contribution in [3.8, 4) is 22.6 Å². The Balaban J connectivity index is 2.22. The van der Waals surface area contributed by atoms with E-state index in [2.05, 4.69) is 12.1 Å². The third-order valence-electron chi connectivity index (χ3n) is 4.11. The van der Waals surface area contributed by atoms with Crippen molar-refractivity contribution in [2.45, 2.75) is 13.0 Å². The molecule has 0 spiro atoms. The van der Waals surface area contributed by atoms with Crippen LogP contribution in [0.25, 0.3) is 11.1 Å². The van der Waals surface area contributed by atoms with Crippen molar-refractivity contribution in [2.24, 2.45) is 0 Å². The molecule has 2 aromatic rings. The largest absolute Gasteiger partial charge is 0.493 e. The lowest BCUT2D eigenvalue weighted by Gasteiger charge is -2.25. The van der Waals surface area contributed by atoms with Crippen LogP contribution in [0.2, 0.25) is 0 Å². The van der Waals surface area contributed by atoms with Crippen LogP contribution in [0.4, 0.5) is 0 Å². The quantitative estimate of drug-likeness (QED) is 0.818. The van der Waals surface area contributed by atoms with Gasteiger partial charge >= 0.3 is 0 Å². The van der Waals surface area contributed by atoms with Crippen LogP contribution in [0.5, 0.6) is 11.5 Å². The summed E-state index contributed by atoms with van der Waals surface area (Å²) in [6.07, 6.45) is 1.76. The van der Waals surface area contributed by atoms with E-state index in [0.29, 0.717) is 24.6 Å². The molecule has 0 radical (unpaired) electrons. The molecule has 114 valence electrons. The van der Waals surface area contributed by atoms with Gasteiger partial charge in [0.1, 0.15) is 0 Å². The second kappa shape index (κ2) is 6.10. The van der Waals surface area contributed by atoms with Gasteiger partial charge in [0.25, 0.3) is 0 Å². The van der Waals surface area contributed by atoms with Crippen LogP contribution >= 0.6 is 0 Å². The Hall–Kier alpha value is -2.49. The lowest BCUT2D eigenvalue weighted by atomic mass is 9.91. The maximum atomic E-state index is 11.3. The highest BCUT2D eigenvalue weighted by Crippen LogP contribution is 2.38. The molecule has 0 aliphatic carbocycles. The summed E-state index contributed by atoms with van der Waals surface area (Å²) in [6, 6.07) is 12.3. The highest BCUT2D eigenvalue weighted by Gasteiger charge is 2.19. The minimum absolute atomic E-state index is 0.577. The molecule has 4 nitrogen and oxygen atoms in total. The molecule has 2 aromatic carbocycles. The molecule has 0 atom stereocenters. The molecule has 1 aliphatic heterocycles. The Bertz CT molecular complexity index is 697. The van der Waals surface area contributed by atoms with Gasteiger partial charge in [0, 0.05) is 13.1 Å². The topological polar surface area (TPSA) is 38.8 Å². The molecule has 0 aromatic heterocycles. The molecule has 0 unspecified atom stereocenters. The molecule has 0 N–H and O–H groups in total. The van der Waals surface area contributed by atoms with Gasteiger partial charge in [0.15, 0.2) is 11.5 Å². The van der Waals surface area contributed by atoms with E-state index in [4.69, 9.17) is 9.47 Å². The molecular formula is C18H19NO3. The summed E-state index contributed by atoms with van der Waals surface area (Å²) in [5.74, 6) is 1.39. The number of carbonyl (C=O) groups is 1. The average Bonchev–Trinajstić information content (AvgIpc) is 2.56. The molecule has 1 aliphatic rings. The van der Waals surface area contributed by atoms with Gasteiger partial charge in [-0.05, 0) is 40.8 Å². The number of fused-ring (bicyclic) bond motifs is 3. The van der Waals surface area contributed by atoms with Crippen molar-refractivity contribution in [2.75, 3.05) is 20.8 Å². The second-order valence-corrected chi connectivity index (χ2v) is 5.35. The van der Waals surface area contributed by atoms with E-state index < -0.39 is 0 Å². The van der Waals surface area contributed by atoms with Crippen LogP contribution < -0.4 is 9.47 Å². The number of ether oxygens (including phenoxy) is 2. The van der Waals surface area contributed by atoms with Gasteiger partial charge in [0.05, 0.1) is 14.2 Å². The first-order valence-electron chi connectivity index (χ1n) is 7.29. The average molecular weight is 297 g/mol. The van der Waals surface area contributed by atoms with Crippen LogP contribution in [0, 0.1) is 0 Å². The lowest BCUT2D eigenvalue weighted by Crippen LogP contribution is -2.26. The van der Waals surface area contributed by atoms with E-state index >= 15 is 0 Å². The fourth-order valence-corrected chi connectivity index (χ4v) is 2.96. The lowest BCUT2D eigenvalue weighted by molar-refractivity contribution is -0.118. The predicted octanol–water partition coefficient (Wildman–Crippen LogP) is 2.89. The van der Waals surface area contributed by atoms with E-state index in [1.807, 2.05) is 24.3 Å². The van der Waals surface area contributed by atoms with E-state index in [1.54, 1.807) is 19.1 Å². The zero-order valence-corrected chi connectivity index (χ0v) is 12.8. The van der Waals surface area contributed by atoms with Gasteiger partial charge in [-0.25, -0.2) is 0 Å². The van der Waals surface area contributed by atoms with E-state index in [-0.39, 0.29) is 0 Å². The molecular weight excluding hydrogens is 278 g/mol. The van der Waals surface area contributed by atoms with Gasteiger partial charge < -0.3 is 14.4 Å². The number of hydrogen-bond acceptors (Lipinski definition) is 3. The summed E-state index contributed by atoms with van der Waals surface area (Å²) < 4.78 is 10.8. The Labute approximate surface area is 130 Å². The second-order valence-electron chi connectivity index (χ2n) is 5.35. The summed E-state index contributed by atoms with van der Waals surface area (Å²) in [5, 5.41) is 0. The zero-order valence-electron chi connectivity index (χ0n) is 12.8. The van der Waals surface area contributed by atoms with Crippen LogP contribution in [0.3, 0.4) is 0 Å². The van der Waals surface area contributed by atoms with E-state index in [9.17, 15) is 4.79 Å². The third kappa shape index (κ3) is 2.52. The van der Waals surface area contributed by atoms with Crippen molar-refractivity contribution in [3.05, 3.63) is 47.5 Å². The number of hydrogen-bond donors (Lipinski definition) is 0. The summed E-state index contributed by atoms with van der Waals surface area (Å²) >= 11 is 0. The summed E-state index contributed by atoms with van der Waals surface area (Å²) in [6.45, 7) is 1.29. The van der Waals surface area contributed by atoms with Gasteiger partial charge in [0.2, 0.25) is 6.41 Å². The smallest absolute Gasteiger partial charge is 0.210 e. The SMILES string of the molecule is COc1cc2c(cc1OC)-c1ccccc1CCN(C=O)C2. The Morgan fingerprint density at radius 3 is 2.45 bits per heavy atom. The molecule has 0 saturated carbocycles. The first-order chi connectivity index (χ1) is 10.8. The Morgan fingerprint density at radius 2 is 1.73 bits per heavy atom. The fraction of sp³-hybridized carbons (Fsp3) is 0.278. The Morgan fingerprint density at radius 1 is 1.00 bits per heavy atom. The standard InChI is InChI=1S/C18H19NO3/c1-21-17-9-14-11-19(12-20)8-7-13-5-3-4-6-15(13)16(14)10-18(17)22-2/h3-6,9-10,12H,7-8,11H2,1-2H3. The molecule has 1 heterocycles. The number of amides is 1. The zero-order chi connectivity index (χ0) is 15.5. The highest BCUT2D eigenvalue weighted by atomic mass is 16.5. The molecule has 0 bridgehead atoms. The highest BCUT2D eigenvalue weighted by molar-refractivity contribution is 5.74. The maximum Gasteiger partial charge on any atom is 0.210 e. The number of rotatable bonds is 3. The van der Waals surface area contributed by atoms with Crippen LogP contribution in [0.1, 0.15) is 11.1 Å². The summed E-state index contributed by atoms with van der Waals surface area (Å²) in [5.41, 5.74) is 4.60. The summed E-state index contributed by atoms with van der Waals surface area (Å²) in [4.78, 5) is 13.1. The summed E-state index contributed by atoms with van der Waals surface area (Å²) in [7, 11) is 3.26. The van der Waals surface area contributed by atoms with Gasteiger partial charge in [-0.1, -0.05) is 24.3 Å². The number of benzene rings is 2. The van der Waals surface area contributed by atoms with Crippen molar-refractivity contribution in [1.29, 1.82) is 0 Å².